The molecule has 0 aliphatic rings. The summed E-state index contributed by atoms with van der Waals surface area (Å²) in [5.41, 5.74) is 2.91. The van der Waals surface area contributed by atoms with Gasteiger partial charge < -0.3 is 9.72 Å². The third-order valence-electron chi connectivity index (χ3n) is 3.94. The number of carbonyl (C=O) groups excluding carboxylic acids is 3. The number of carbonyl (C=O) groups is 3. The van der Waals surface area contributed by atoms with Crippen LogP contribution < -0.4 is 4.74 Å². The van der Waals surface area contributed by atoms with Gasteiger partial charge in [-0.2, -0.15) is 0 Å². The zero-order chi connectivity index (χ0) is 17.9. The largest absolute Gasteiger partial charge is 0.485 e. The van der Waals surface area contributed by atoms with Crippen LogP contribution in [0.4, 0.5) is 0 Å². The van der Waals surface area contributed by atoms with E-state index >= 15 is 0 Å². The summed E-state index contributed by atoms with van der Waals surface area (Å²) in [6.07, 6.45) is 0.447. The summed E-state index contributed by atoms with van der Waals surface area (Å²) in [5, 5.41) is 0. The van der Waals surface area contributed by atoms with Gasteiger partial charge in [-0.1, -0.05) is 6.92 Å². The molecule has 5 heteroatoms. The van der Waals surface area contributed by atoms with Crippen LogP contribution in [0.15, 0.2) is 24.3 Å². The van der Waals surface area contributed by atoms with Crippen molar-refractivity contribution in [3.05, 3.63) is 52.3 Å². The molecule has 0 radical (unpaired) electrons. The summed E-state index contributed by atoms with van der Waals surface area (Å²) < 4.78 is 5.49. The Balaban J connectivity index is 2.07. The zero-order valence-electron chi connectivity index (χ0n) is 14.4. The first kappa shape index (κ1) is 17.7. The molecule has 1 heterocycles. The molecule has 0 amide bonds. The quantitative estimate of drug-likeness (QED) is 0.787. The molecule has 0 spiro atoms. The summed E-state index contributed by atoms with van der Waals surface area (Å²) in [4.78, 5) is 38.5. The standard InChI is InChI=1S/C19H21NO4/c1-5-16(22)14-6-8-15(9-7-14)24-10-17(23)19-11(2)18(13(4)21)12(3)20-19/h6-9,20H,5,10H2,1-4H3. The number of aryl methyl sites for hydroxylation is 1. The highest BCUT2D eigenvalue weighted by atomic mass is 16.5. The Kier molecular flexibility index (Phi) is 5.34. The van der Waals surface area contributed by atoms with Gasteiger partial charge in [-0.05, 0) is 50.6 Å². The highest BCUT2D eigenvalue weighted by molar-refractivity contribution is 6.03. The van der Waals surface area contributed by atoms with Gasteiger partial charge in [0.2, 0.25) is 5.78 Å². The lowest BCUT2D eigenvalue weighted by Crippen LogP contribution is -2.13. The molecule has 0 aliphatic heterocycles. The predicted octanol–water partition coefficient (Wildman–Crippen LogP) is 3.69. The fourth-order valence-electron chi connectivity index (χ4n) is 2.72. The minimum atomic E-state index is -0.225. The molecule has 0 unspecified atom stereocenters. The lowest BCUT2D eigenvalue weighted by Gasteiger charge is -2.06. The van der Waals surface area contributed by atoms with Crippen LogP contribution in [0.3, 0.4) is 0 Å². The van der Waals surface area contributed by atoms with Gasteiger partial charge >= 0.3 is 0 Å². The van der Waals surface area contributed by atoms with Crippen LogP contribution in [0, 0.1) is 13.8 Å². The molecule has 0 bridgehead atoms. The van der Waals surface area contributed by atoms with E-state index < -0.39 is 0 Å². The number of ether oxygens (including phenoxy) is 1. The van der Waals surface area contributed by atoms with Gasteiger partial charge in [0.1, 0.15) is 5.75 Å². The van der Waals surface area contributed by atoms with Crippen LogP contribution >= 0.6 is 0 Å². The topological polar surface area (TPSA) is 76.2 Å². The maximum atomic E-state index is 12.3. The van der Waals surface area contributed by atoms with E-state index in [-0.39, 0.29) is 24.0 Å². The summed E-state index contributed by atoms with van der Waals surface area (Å²) in [5.74, 6) is 0.282. The van der Waals surface area contributed by atoms with Gasteiger partial charge in [-0.15, -0.1) is 0 Å². The third kappa shape index (κ3) is 3.62. The van der Waals surface area contributed by atoms with Crippen LogP contribution in [0.25, 0.3) is 0 Å². The molecule has 1 N–H and O–H groups in total. The number of aromatic amines is 1. The van der Waals surface area contributed by atoms with E-state index in [2.05, 4.69) is 4.98 Å². The Bertz CT molecular complexity index is 784. The molecule has 0 saturated heterocycles. The van der Waals surface area contributed by atoms with E-state index in [1.807, 2.05) is 0 Å². The molecule has 0 fully saturated rings. The van der Waals surface area contributed by atoms with E-state index in [4.69, 9.17) is 4.74 Å². The van der Waals surface area contributed by atoms with Crippen molar-refractivity contribution in [2.75, 3.05) is 6.61 Å². The molecule has 0 aliphatic carbocycles. The van der Waals surface area contributed by atoms with Crippen molar-refractivity contribution in [1.82, 2.24) is 4.98 Å². The van der Waals surface area contributed by atoms with Crippen molar-refractivity contribution in [3.8, 4) is 5.75 Å². The number of hydrogen-bond acceptors (Lipinski definition) is 4. The fourth-order valence-corrected chi connectivity index (χ4v) is 2.72. The lowest BCUT2D eigenvalue weighted by molar-refractivity contribution is 0.0915. The minimum Gasteiger partial charge on any atom is -0.485 e. The van der Waals surface area contributed by atoms with E-state index in [9.17, 15) is 14.4 Å². The molecular formula is C19H21NO4. The number of nitrogens with one attached hydrogen (secondary N) is 1. The fraction of sp³-hybridized carbons (Fsp3) is 0.316. The molecule has 1 aromatic carbocycles. The molecular weight excluding hydrogens is 306 g/mol. The van der Waals surface area contributed by atoms with Crippen molar-refractivity contribution < 1.29 is 19.1 Å². The Morgan fingerprint density at radius 3 is 2.17 bits per heavy atom. The lowest BCUT2D eigenvalue weighted by atomic mass is 10.1. The van der Waals surface area contributed by atoms with E-state index in [0.717, 1.165) is 0 Å². The average Bonchev–Trinajstić information content (AvgIpc) is 2.87. The van der Waals surface area contributed by atoms with Crippen molar-refractivity contribution in [1.29, 1.82) is 0 Å². The molecule has 2 aromatic rings. The Hall–Kier alpha value is -2.69. The number of benzene rings is 1. The van der Waals surface area contributed by atoms with Crippen LogP contribution in [-0.4, -0.2) is 28.9 Å². The number of Topliss-reactive ketones (excluding diaryl/α,β-unsaturated/α-hetero) is 3. The highest BCUT2D eigenvalue weighted by Gasteiger charge is 2.20. The molecule has 2 rings (SSSR count). The summed E-state index contributed by atoms with van der Waals surface area (Å²) >= 11 is 0. The maximum absolute atomic E-state index is 12.3. The summed E-state index contributed by atoms with van der Waals surface area (Å²) in [7, 11) is 0. The van der Waals surface area contributed by atoms with Crippen LogP contribution in [0.2, 0.25) is 0 Å². The second kappa shape index (κ2) is 7.25. The van der Waals surface area contributed by atoms with Crippen molar-refractivity contribution in [3.63, 3.8) is 0 Å². The number of rotatable bonds is 7. The van der Waals surface area contributed by atoms with Crippen LogP contribution in [-0.2, 0) is 0 Å². The number of hydrogen-bond donors (Lipinski definition) is 1. The van der Waals surface area contributed by atoms with Crippen molar-refractivity contribution in [2.24, 2.45) is 0 Å². The Morgan fingerprint density at radius 2 is 1.67 bits per heavy atom. The molecule has 5 nitrogen and oxygen atoms in total. The van der Waals surface area contributed by atoms with Gasteiger partial charge in [0.25, 0.3) is 0 Å². The van der Waals surface area contributed by atoms with Crippen LogP contribution in [0.1, 0.15) is 62.7 Å². The Morgan fingerprint density at radius 1 is 1.04 bits per heavy atom. The van der Waals surface area contributed by atoms with Gasteiger partial charge in [0.05, 0.1) is 5.69 Å². The monoisotopic (exact) mass is 327 g/mol. The second-order valence-electron chi connectivity index (χ2n) is 5.69. The molecule has 1 aromatic heterocycles. The van der Waals surface area contributed by atoms with Crippen LogP contribution in [0.5, 0.6) is 5.75 Å². The predicted molar refractivity (Wildman–Crippen MR) is 91.2 cm³/mol. The zero-order valence-corrected chi connectivity index (χ0v) is 14.4. The minimum absolute atomic E-state index is 0.0619. The first-order valence-electron chi connectivity index (χ1n) is 7.84. The molecule has 0 saturated carbocycles. The first-order valence-corrected chi connectivity index (χ1v) is 7.84. The van der Waals surface area contributed by atoms with E-state index in [1.165, 1.54) is 6.92 Å². The van der Waals surface area contributed by atoms with Gasteiger partial charge in [0.15, 0.2) is 18.2 Å². The summed E-state index contributed by atoms with van der Waals surface area (Å²) in [6, 6.07) is 6.71. The first-order chi connectivity index (χ1) is 11.3. The number of ketones is 3. The number of H-pyrrole nitrogens is 1. The van der Waals surface area contributed by atoms with Crippen molar-refractivity contribution >= 4 is 17.3 Å². The SMILES string of the molecule is CCC(=O)c1ccc(OCC(=O)c2[nH]c(C)c(C(C)=O)c2C)cc1. The molecule has 0 atom stereocenters. The van der Waals surface area contributed by atoms with Gasteiger partial charge in [-0.3, -0.25) is 14.4 Å². The van der Waals surface area contributed by atoms with Gasteiger partial charge in [-0.25, -0.2) is 0 Å². The summed E-state index contributed by atoms with van der Waals surface area (Å²) in [6.45, 7) is 6.66. The van der Waals surface area contributed by atoms with Crippen molar-refractivity contribution in [2.45, 2.75) is 34.1 Å². The smallest absolute Gasteiger partial charge is 0.216 e. The Labute approximate surface area is 141 Å². The third-order valence-corrected chi connectivity index (χ3v) is 3.94. The highest BCUT2D eigenvalue weighted by Crippen LogP contribution is 2.20. The maximum Gasteiger partial charge on any atom is 0.216 e. The van der Waals surface area contributed by atoms with Gasteiger partial charge in [0, 0.05) is 23.2 Å². The van der Waals surface area contributed by atoms with E-state index in [0.29, 0.717) is 40.2 Å². The van der Waals surface area contributed by atoms with E-state index in [1.54, 1.807) is 45.0 Å². The molecule has 126 valence electrons. The average molecular weight is 327 g/mol. The number of aromatic nitrogens is 1. The normalized spacial score (nSPS) is 10.5. The second-order valence-corrected chi connectivity index (χ2v) is 5.69. The molecule has 24 heavy (non-hydrogen) atoms.